The Hall–Kier alpha value is -1.67. The van der Waals surface area contributed by atoms with E-state index in [-0.39, 0.29) is 18.0 Å². The van der Waals surface area contributed by atoms with Crippen LogP contribution in [-0.2, 0) is 23.9 Å². The van der Waals surface area contributed by atoms with Gasteiger partial charge in [0.1, 0.15) is 0 Å². The van der Waals surface area contributed by atoms with Crippen LogP contribution in [0.3, 0.4) is 0 Å². The van der Waals surface area contributed by atoms with E-state index in [1.807, 2.05) is 0 Å². The highest BCUT2D eigenvalue weighted by Crippen LogP contribution is 2.26. The monoisotopic (exact) mass is 1040 g/mol. The van der Waals surface area contributed by atoms with Gasteiger partial charge < -0.3 is 24.4 Å². The van der Waals surface area contributed by atoms with Crippen LogP contribution in [0.25, 0.3) is 0 Å². The topological polar surface area (TPSA) is 96.4 Å². The molecule has 1 fully saturated rings. The van der Waals surface area contributed by atoms with E-state index >= 15 is 0 Å². The molecule has 2 unspecified atom stereocenters. The maximum absolute atomic E-state index is 14.5. The lowest BCUT2D eigenvalue weighted by Crippen LogP contribution is -2.42. The second-order valence-corrected chi connectivity index (χ2v) is 23.7. The van der Waals surface area contributed by atoms with E-state index in [2.05, 4.69) is 51.3 Å². The molecule has 8 nitrogen and oxygen atoms in total. The molecule has 0 radical (unpaired) electrons. The molecule has 1 N–H and O–H groups in total. The van der Waals surface area contributed by atoms with Crippen molar-refractivity contribution in [3.8, 4) is 0 Å². The summed E-state index contributed by atoms with van der Waals surface area (Å²) in [5.74, 6) is 1.38. The maximum Gasteiger partial charge on any atom is 0.305 e. The van der Waals surface area contributed by atoms with Gasteiger partial charge in [-0.3, -0.25) is 14.4 Å². The highest BCUT2D eigenvalue weighted by atomic mass is 16.5. The van der Waals surface area contributed by atoms with Crippen molar-refractivity contribution < 1.29 is 29.0 Å². The first-order chi connectivity index (χ1) is 36.2. The van der Waals surface area contributed by atoms with E-state index in [9.17, 15) is 19.5 Å². The van der Waals surface area contributed by atoms with Gasteiger partial charge >= 0.3 is 11.9 Å². The predicted octanol–water partition coefficient (Wildman–Crippen LogP) is 19.0. The Morgan fingerprint density at radius 1 is 0.392 bits per heavy atom. The summed E-state index contributed by atoms with van der Waals surface area (Å²) < 4.78 is 11.6. The summed E-state index contributed by atoms with van der Waals surface area (Å²) in [5.41, 5.74) is 0. The van der Waals surface area contributed by atoms with E-state index in [0.717, 1.165) is 129 Å². The number of aliphatic hydroxyl groups excluding tert-OH is 1. The molecule has 438 valence electrons. The van der Waals surface area contributed by atoms with Gasteiger partial charge in [-0.2, -0.15) is 0 Å². The van der Waals surface area contributed by atoms with Crippen LogP contribution >= 0.6 is 0 Å². The largest absolute Gasteiger partial charge is 0.465 e. The molecule has 0 aromatic carbocycles. The Balaban J connectivity index is 2.83. The standard InChI is InChI=1S/C66H128N2O6/c1-7-13-18-21-22-27-32-39-56-68(64(70)47-40-55-67(54-12-6)61-50-52-63(69)53-51-61)62(45-35-28-23-25-30-37-48-65(71)73-57-59(41-16-10-4)43-33-19-14-8-2)46-36-29-24-26-31-38-49-66(72)74-58-60(42-17-11-5)44-34-20-15-9-3/h59-63,69H,7-58H2,1-6H3. The summed E-state index contributed by atoms with van der Waals surface area (Å²) in [7, 11) is 0. The van der Waals surface area contributed by atoms with Crippen molar-refractivity contribution in [3.05, 3.63) is 0 Å². The number of aliphatic hydroxyl groups is 1. The van der Waals surface area contributed by atoms with Crippen molar-refractivity contribution in [1.82, 2.24) is 9.80 Å². The molecule has 8 heteroatoms. The second-order valence-electron chi connectivity index (χ2n) is 23.7. The Morgan fingerprint density at radius 3 is 1.22 bits per heavy atom. The molecule has 74 heavy (non-hydrogen) atoms. The molecule has 0 saturated heterocycles. The zero-order valence-electron chi connectivity index (χ0n) is 50.5. The van der Waals surface area contributed by atoms with Crippen LogP contribution in [0.15, 0.2) is 0 Å². The second kappa shape index (κ2) is 52.1. The molecule has 1 aliphatic rings. The molecule has 0 aromatic rings. The lowest BCUT2D eigenvalue weighted by Gasteiger charge is -2.36. The number of hydrogen-bond donors (Lipinski definition) is 1. The molecule has 1 aliphatic carbocycles. The van der Waals surface area contributed by atoms with E-state index in [1.54, 1.807) is 0 Å². The van der Waals surface area contributed by atoms with Crippen molar-refractivity contribution >= 4 is 17.8 Å². The third kappa shape index (κ3) is 40.5. The summed E-state index contributed by atoms with van der Waals surface area (Å²) in [6, 6.07) is 0.831. The first-order valence-corrected chi connectivity index (χ1v) is 33.2. The molecule has 1 amide bonds. The van der Waals surface area contributed by atoms with Crippen molar-refractivity contribution in [2.45, 2.75) is 362 Å². The Kier molecular flexibility index (Phi) is 49.5. The Bertz CT molecular complexity index is 1180. The minimum Gasteiger partial charge on any atom is -0.465 e. The average molecular weight is 1050 g/mol. The number of hydrogen-bond acceptors (Lipinski definition) is 7. The van der Waals surface area contributed by atoms with E-state index in [0.29, 0.717) is 62.3 Å². The van der Waals surface area contributed by atoms with Crippen LogP contribution in [0, 0.1) is 11.8 Å². The number of nitrogens with zero attached hydrogens (tertiary/aromatic N) is 2. The van der Waals surface area contributed by atoms with Gasteiger partial charge in [-0.05, 0) is 121 Å². The molecule has 1 saturated carbocycles. The molecule has 0 spiro atoms. The van der Waals surface area contributed by atoms with Crippen LogP contribution in [0.4, 0.5) is 0 Å². The summed E-state index contributed by atoms with van der Waals surface area (Å²) in [6.45, 7) is 17.7. The van der Waals surface area contributed by atoms with E-state index in [1.165, 1.54) is 173 Å². The van der Waals surface area contributed by atoms with Crippen molar-refractivity contribution in [1.29, 1.82) is 0 Å². The number of carbonyl (C=O) groups is 3. The van der Waals surface area contributed by atoms with E-state index in [4.69, 9.17) is 9.47 Å². The third-order valence-electron chi connectivity index (χ3n) is 16.7. The molecule has 2 atom stereocenters. The molecular weight excluding hydrogens is 917 g/mol. The predicted molar refractivity (Wildman–Crippen MR) is 317 cm³/mol. The summed E-state index contributed by atoms with van der Waals surface area (Å²) in [4.78, 5) is 44.9. The molecular formula is C66H128N2O6. The molecule has 0 aliphatic heterocycles. The van der Waals surface area contributed by atoms with Gasteiger partial charge in [0.05, 0.1) is 19.3 Å². The summed E-state index contributed by atoms with van der Waals surface area (Å²) in [5, 5.41) is 10.2. The summed E-state index contributed by atoms with van der Waals surface area (Å²) >= 11 is 0. The first kappa shape index (κ1) is 70.3. The van der Waals surface area contributed by atoms with Gasteiger partial charge in [0.25, 0.3) is 0 Å². The third-order valence-corrected chi connectivity index (χ3v) is 16.7. The van der Waals surface area contributed by atoms with Crippen LogP contribution in [0.5, 0.6) is 0 Å². The number of esters is 2. The lowest BCUT2D eigenvalue weighted by molar-refractivity contribution is -0.146. The van der Waals surface area contributed by atoms with Crippen LogP contribution in [-0.4, -0.2) is 83.8 Å². The highest BCUT2D eigenvalue weighted by Gasteiger charge is 2.26. The average Bonchev–Trinajstić information content (AvgIpc) is 3.40. The molecule has 1 rings (SSSR count). The van der Waals surface area contributed by atoms with Gasteiger partial charge in [-0.1, -0.05) is 228 Å². The minimum atomic E-state index is -0.143. The number of ether oxygens (including phenoxy) is 2. The van der Waals surface area contributed by atoms with Crippen molar-refractivity contribution in [3.63, 3.8) is 0 Å². The van der Waals surface area contributed by atoms with Crippen LogP contribution < -0.4 is 0 Å². The first-order valence-electron chi connectivity index (χ1n) is 33.2. The van der Waals surface area contributed by atoms with Gasteiger partial charge in [0, 0.05) is 37.9 Å². The SMILES string of the molecule is CCCCCCCCCCN(C(=O)CCCN(CCC)C1CCC(O)CC1)C(CCCCCCCCC(=O)OCC(CCCC)CCCCCC)CCCCCCCCC(=O)OCC(CCCC)CCCCCC. The quantitative estimate of drug-likeness (QED) is 0.0479. The fourth-order valence-corrected chi connectivity index (χ4v) is 11.8. The van der Waals surface area contributed by atoms with Gasteiger partial charge in [-0.25, -0.2) is 0 Å². The number of rotatable bonds is 55. The zero-order valence-corrected chi connectivity index (χ0v) is 50.5. The summed E-state index contributed by atoms with van der Waals surface area (Å²) in [6.07, 6.45) is 53.0. The van der Waals surface area contributed by atoms with Gasteiger partial charge in [-0.15, -0.1) is 0 Å². The Morgan fingerprint density at radius 2 is 0.770 bits per heavy atom. The molecule has 0 bridgehead atoms. The van der Waals surface area contributed by atoms with E-state index < -0.39 is 0 Å². The lowest BCUT2D eigenvalue weighted by atomic mass is 9.91. The molecule has 0 aromatic heterocycles. The molecule has 0 heterocycles. The fraction of sp³-hybridized carbons (Fsp3) is 0.955. The zero-order chi connectivity index (χ0) is 54.0. The van der Waals surface area contributed by atoms with Crippen molar-refractivity contribution in [2.75, 3.05) is 32.8 Å². The number of unbranched alkanes of at least 4 members (excludes halogenated alkanes) is 25. The highest BCUT2D eigenvalue weighted by molar-refractivity contribution is 5.76. The Labute approximate surface area is 460 Å². The van der Waals surface area contributed by atoms with Crippen LogP contribution in [0.2, 0.25) is 0 Å². The maximum atomic E-state index is 14.5. The van der Waals surface area contributed by atoms with Gasteiger partial charge in [0.15, 0.2) is 0 Å². The minimum absolute atomic E-state index is 0.00869. The van der Waals surface area contributed by atoms with Crippen molar-refractivity contribution in [2.24, 2.45) is 11.8 Å². The van der Waals surface area contributed by atoms with Gasteiger partial charge in [0.2, 0.25) is 5.91 Å². The smallest absolute Gasteiger partial charge is 0.305 e. The normalized spacial score (nSPS) is 16.1. The number of amides is 1. The van der Waals surface area contributed by atoms with Crippen LogP contribution in [0.1, 0.15) is 343 Å². The number of carbonyl (C=O) groups excluding carboxylic acids is 3. The fourth-order valence-electron chi connectivity index (χ4n) is 11.8.